The van der Waals surface area contributed by atoms with Crippen LogP contribution in [-0.2, 0) is 0 Å². The summed E-state index contributed by atoms with van der Waals surface area (Å²) in [6, 6.07) is 3.88. The number of amides is 1. The highest BCUT2D eigenvalue weighted by Crippen LogP contribution is 2.22. The minimum atomic E-state index is -0.609. The molecule has 0 saturated carbocycles. The Balaban J connectivity index is 2.76. The van der Waals surface area contributed by atoms with Gasteiger partial charge in [0.2, 0.25) is 0 Å². The van der Waals surface area contributed by atoms with E-state index in [0.717, 1.165) is 6.42 Å². The predicted octanol–water partition coefficient (Wildman–Crippen LogP) is 3.39. The number of nitrogens with one attached hydrogen (secondary N) is 1. The molecule has 0 heterocycles. The summed E-state index contributed by atoms with van der Waals surface area (Å²) in [5.74, 6) is -0.519. The molecule has 0 aromatic heterocycles. The highest BCUT2D eigenvalue weighted by atomic mass is 35.5. The molecule has 1 aromatic carbocycles. The van der Waals surface area contributed by atoms with Crippen LogP contribution in [0.2, 0.25) is 5.02 Å². The van der Waals surface area contributed by atoms with E-state index in [1.54, 1.807) is 0 Å². The van der Waals surface area contributed by atoms with Gasteiger partial charge in [-0.25, -0.2) is 0 Å². The van der Waals surface area contributed by atoms with Gasteiger partial charge in [0.1, 0.15) is 5.56 Å². The molecule has 0 radical (unpaired) electrons. The maximum absolute atomic E-state index is 11.9. The lowest BCUT2D eigenvalue weighted by molar-refractivity contribution is -0.385. The fourth-order valence-electron chi connectivity index (χ4n) is 1.49. The number of nitrogens with zero attached hydrogens (tertiary/aromatic N) is 1. The van der Waals surface area contributed by atoms with Gasteiger partial charge in [-0.2, -0.15) is 0 Å². The van der Waals surface area contributed by atoms with Gasteiger partial charge in [0.25, 0.3) is 11.6 Å². The topological polar surface area (TPSA) is 72.2 Å². The molecule has 0 aliphatic carbocycles. The first-order chi connectivity index (χ1) is 8.95. The first-order valence-corrected chi connectivity index (χ1v) is 6.63. The number of carbonyl (C=O) groups is 1. The second kappa shape index (κ2) is 7.31. The van der Waals surface area contributed by atoms with Crippen LogP contribution in [-0.4, -0.2) is 22.8 Å². The zero-order valence-corrected chi connectivity index (χ0v) is 11.9. The molecule has 5 nitrogen and oxygen atoms in total. The average Bonchev–Trinajstić information content (AvgIpc) is 2.37. The number of hydrogen-bond acceptors (Lipinski definition) is 3. The number of alkyl halides is 1. The molecule has 0 spiro atoms. The van der Waals surface area contributed by atoms with Gasteiger partial charge in [0, 0.05) is 23.0 Å². The summed E-state index contributed by atoms with van der Waals surface area (Å²) in [5, 5.41) is 13.7. The standard InChI is InChI=1S/C12H14Cl2N2O3/c1-2-8(13)5-6-15-12(17)10-7-9(14)3-4-11(10)16(18)19/h3-4,7-8H,2,5-6H2,1H3,(H,15,17). The minimum absolute atomic E-state index is 0.0188. The van der Waals surface area contributed by atoms with E-state index >= 15 is 0 Å². The van der Waals surface area contributed by atoms with E-state index in [4.69, 9.17) is 23.2 Å². The van der Waals surface area contributed by atoms with Crippen molar-refractivity contribution in [3.05, 3.63) is 38.9 Å². The quantitative estimate of drug-likeness (QED) is 0.497. The first-order valence-electron chi connectivity index (χ1n) is 5.82. The third-order valence-corrected chi connectivity index (χ3v) is 3.35. The van der Waals surface area contributed by atoms with Crippen molar-refractivity contribution in [1.82, 2.24) is 5.32 Å². The summed E-state index contributed by atoms with van der Waals surface area (Å²) >= 11 is 11.7. The Labute approximate surface area is 121 Å². The van der Waals surface area contributed by atoms with Crippen LogP contribution in [0.15, 0.2) is 18.2 Å². The van der Waals surface area contributed by atoms with Crippen LogP contribution in [0.4, 0.5) is 5.69 Å². The molecular formula is C12H14Cl2N2O3. The first kappa shape index (κ1) is 15.7. The summed E-state index contributed by atoms with van der Waals surface area (Å²) in [6.45, 7) is 2.31. The molecule has 1 N–H and O–H groups in total. The molecule has 1 unspecified atom stereocenters. The van der Waals surface area contributed by atoms with Crippen molar-refractivity contribution in [2.45, 2.75) is 25.1 Å². The Hall–Kier alpha value is -1.33. The lowest BCUT2D eigenvalue weighted by Crippen LogP contribution is -2.26. The van der Waals surface area contributed by atoms with E-state index in [9.17, 15) is 14.9 Å². The highest BCUT2D eigenvalue weighted by molar-refractivity contribution is 6.31. The molecule has 104 valence electrons. The maximum Gasteiger partial charge on any atom is 0.282 e. The molecule has 0 aliphatic heterocycles. The summed E-state index contributed by atoms with van der Waals surface area (Å²) in [4.78, 5) is 22.1. The van der Waals surface area contributed by atoms with Crippen LogP contribution in [0.5, 0.6) is 0 Å². The molecule has 1 amide bonds. The summed E-state index contributed by atoms with van der Waals surface area (Å²) in [6.07, 6.45) is 1.41. The van der Waals surface area contributed by atoms with Gasteiger partial charge in [-0.15, -0.1) is 11.6 Å². The van der Waals surface area contributed by atoms with Gasteiger partial charge >= 0.3 is 0 Å². The lowest BCUT2D eigenvalue weighted by atomic mass is 10.1. The monoisotopic (exact) mass is 304 g/mol. The fourth-order valence-corrected chi connectivity index (χ4v) is 1.77. The number of carbonyl (C=O) groups excluding carboxylic acids is 1. The Morgan fingerprint density at radius 2 is 2.21 bits per heavy atom. The van der Waals surface area contributed by atoms with E-state index in [0.29, 0.717) is 13.0 Å². The number of rotatable bonds is 6. The number of nitro benzene ring substituents is 1. The third-order valence-electron chi connectivity index (χ3n) is 2.59. The van der Waals surface area contributed by atoms with Crippen LogP contribution >= 0.6 is 23.2 Å². The normalized spacial score (nSPS) is 11.9. The van der Waals surface area contributed by atoms with Gasteiger partial charge in [0.05, 0.1) is 4.92 Å². The van der Waals surface area contributed by atoms with E-state index in [1.807, 2.05) is 6.92 Å². The van der Waals surface area contributed by atoms with E-state index in [2.05, 4.69) is 5.32 Å². The fraction of sp³-hybridized carbons (Fsp3) is 0.417. The van der Waals surface area contributed by atoms with Crippen LogP contribution in [0.3, 0.4) is 0 Å². The highest BCUT2D eigenvalue weighted by Gasteiger charge is 2.20. The van der Waals surface area contributed by atoms with Crippen molar-refractivity contribution < 1.29 is 9.72 Å². The molecule has 7 heteroatoms. The van der Waals surface area contributed by atoms with Crippen molar-refractivity contribution in [2.24, 2.45) is 0 Å². The van der Waals surface area contributed by atoms with Crippen molar-refractivity contribution in [3.63, 3.8) is 0 Å². The Bertz CT molecular complexity index is 480. The summed E-state index contributed by atoms with van der Waals surface area (Å²) in [7, 11) is 0. The number of nitro groups is 1. The van der Waals surface area contributed by atoms with Crippen LogP contribution in [0.25, 0.3) is 0 Å². The molecular weight excluding hydrogens is 291 g/mol. The Kier molecular flexibility index (Phi) is 6.05. The van der Waals surface area contributed by atoms with E-state index in [1.165, 1.54) is 18.2 Å². The molecule has 0 fully saturated rings. The number of benzene rings is 1. The van der Waals surface area contributed by atoms with Gasteiger partial charge in [-0.3, -0.25) is 14.9 Å². The second-order valence-corrected chi connectivity index (χ2v) is 5.02. The minimum Gasteiger partial charge on any atom is -0.352 e. The molecule has 1 rings (SSSR count). The largest absolute Gasteiger partial charge is 0.352 e. The molecule has 0 aliphatic rings. The van der Waals surface area contributed by atoms with Crippen LogP contribution in [0.1, 0.15) is 30.1 Å². The van der Waals surface area contributed by atoms with Crippen LogP contribution in [0, 0.1) is 10.1 Å². The van der Waals surface area contributed by atoms with E-state index in [-0.39, 0.29) is 21.7 Å². The number of hydrogen-bond donors (Lipinski definition) is 1. The SMILES string of the molecule is CCC(Cl)CCNC(=O)c1cc(Cl)ccc1[N+](=O)[O-]. The summed E-state index contributed by atoms with van der Waals surface area (Å²) < 4.78 is 0. The Morgan fingerprint density at radius 1 is 1.53 bits per heavy atom. The lowest BCUT2D eigenvalue weighted by Gasteiger charge is -2.08. The van der Waals surface area contributed by atoms with Gasteiger partial charge < -0.3 is 5.32 Å². The molecule has 19 heavy (non-hydrogen) atoms. The van der Waals surface area contributed by atoms with Gasteiger partial charge in [-0.1, -0.05) is 18.5 Å². The smallest absolute Gasteiger partial charge is 0.282 e. The molecule has 1 aromatic rings. The Morgan fingerprint density at radius 3 is 2.79 bits per heavy atom. The van der Waals surface area contributed by atoms with E-state index < -0.39 is 10.8 Å². The average molecular weight is 305 g/mol. The van der Waals surface area contributed by atoms with Crippen molar-refractivity contribution in [3.8, 4) is 0 Å². The number of halogens is 2. The summed E-state index contributed by atoms with van der Waals surface area (Å²) in [5.41, 5.74) is -0.306. The van der Waals surface area contributed by atoms with Crippen molar-refractivity contribution >= 4 is 34.8 Å². The van der Waals surface area contributed by atoms with Crippen molar-refractivity contribution in [2.75, 3.05) is 6.54 Å². The molecule has 1 atom stereocenters. The zero-order valence-electron chi connectivity index (χ0n) is 10.4. The van der Waals surface area contributed by atoms with Gasteiger partial charge in [-0.05, 0) is 25.0 Å². The predicted molar refractivity (Wildman–Crippen MR) is 75.0 cm³/mol. The molecule has 0 saturated heterocycles. The third kappa shape index (κ3) is 4.69. The maximum atomic E-state index is 11.9. The molecule has 0 bridgehead atoms. The second-order valence-electron chi connectivity index (χ2n) is 3.97. The van der Waals surface area contributed by atoms with Crippen molar-refractivity contribution in [1.29, 1.82) is 0 Å². The van der Waals surface area contributed by atoms with Crippen LogP contribution < -0.4 is 5.32 Å². The van der Waals surface area contributed by atoms with Gasteiger partial charge in [0.15, 0.2) is 0 Å². The zero-order chi connectivity index (χ0) is 14.4.